The number of thioether (sulfide) groups is 1. The number of imide groups is 1. The second kappa shape index (κ2) is 11.2. The third-order valence-corrected chi connectivity index (χ3v) is 7.31. The molecule has 2 aliphatic rings. The van der Waals surface area contributed by atoms with Gasteiger partial charge >= 0.3 is 0 Å². The standard InChI is InChI=1S/C28H29N5O4S/c1-30(2)21-9-11-23(12-10-21)32-13-3-4-24(32)18-25-27(35)33(28(36)38-25)19-26(34)29-20-5-7-22(8-6-20)31-14-16-37-17-15-31/h3-13,18H,14-17,19H2,1-2H3,(H,29,34). The minimum Gasteiger partial charge on any atom is -0.378 e. The van der Waals surface area contributed by atoms with Crippen molar-refractivity contribution < 1.29 is 19.1 Å². The average molecular weight is 532 g/mol. The second-order valence-electron chi connectivity index (χ2n) is 9.18. The van der Waals surface area contributed by atoms with Crippen molar-refractivity contribution in [3.8, 4) is 5.69 Å². The van der Waals surface area contributed by atoms with E-state index in [0.29, 0.717) is 18.9 Å². The van der Waals surface area contributed by atoms with Gasteiger partial charge in [-0.1, -0.05) is 0 Å². The number of nitrogens with zero attached hydrogens (tertiary/aromatic N) is 4. The van der Waals surface area contributed by atoms with E-state index in [1.807, 2.05) is 90.4 Å². The summed E-state index contributed by atoms with van der Waals surface area (Å²) in [6, 6.07) is 19.3. The maximum absolute atomic E-state index is 13.0. The van der Waals surface area contributed by atoms with Crippen molar-refractivity contribution >= 4 is 52.0 Å². The van der Waals surface area contributed by atoms with Crippen LogP contribution in [0.2, 0.25) is 0 Å². The Hall–Kier alpha value is -4.02. The van der Waals surface area contributed by atoms with Crippen molar-refractivity contribution in [2.75, 3.05) is 62.1 Å². The number of amides is 3. The number of aromatic nitrogens is 1. The van der Waals surface area contributed by atoms with Gasteiger partial charge in [-0.3, -0.25) is 19.3 Å². The lowest BCUT2D eigenvalue weighted by Crippen LogP contribution is -2.36. The molecule has 3 amide bonds. The molecule has 5 rings (SSSR count). The lowest BCUT2D eigenvalue weighted by atomic mass is 10.2. The van der Waals surface area contributed by atoms with Crippen LogP contribution in [0.4, 0.5) is 21.9 Å². The Morgan fingerprint density at radius 3 is 2.37 bits per heavy atom. The van der Waals surface area contributed by atoms with Crippen LogP contribution in [0, 0.1) is 0 Å². The van der Waals surface area contributed by atoms with Crippen LogP contribution in [-0.2, 0) is 14.3 Å². The van der Waals surface area contributed by atoms with Gasteiger partial charge in [-0.2, -0.15) is 0 Å². The molecule has 0 radical (unpaired) electrons. The summed E-state index contributed by atoms with van der Waals surface area (Å²) in [7, 11) is 3.96. The number of nitrogens with one attached hydrogen (secondary N) is 1. The number of carbonyl (C=O) groups is 3. The zero-order valence-electron chi connectivity index (χ0n) is 21.3. The van der Waals surface area contributed by atoms with Crippen molar-refractivity contribution in [3.05, 3.63) is 77.5 Å². The Morgan fingerprint density at radius 2 is 1.68 bits per heavy atom. The molecule has 196 valence electrons. The minimum atomic E-state index is -0.478. The van der Waals surface area contributed by atoms with Crippen molar-refractivity contribution in [2.24, 2.45) is 0 Å². The number of carbonyl (C=O) groups excluding carboxylic acids is 3. The Bertz CT molecular complexity index is 1360. The fourth-order valence-corrected chi connectivity index (χ4v) is 5.17. The maximum atomic E-state index is 13.0. The van der Waals surface area contributed by atoms with E-state index < -0.39 is 17.1 Å². The third-order valence-electron chi connectivity index (χ3n) is 6.41. The van der Waals surface area contributed by atoms with Gasteiger partial charge in [-0.15, -0.1) is 0 Å². The smallest absolute Gasteiger partial charge is 0.294 e. The van der Waals surface area contributed by atoms with Crippen LogP contribution in [0.15, 0.2) is 71.8 Å². The number of benzene rings is 2. The van der Waals surface area contributed by atoms with Crippen LogP contribution in [0.5, 0.6) is 0 Å². The van der Waals surface area contributed by atoms with Crippen LogP contribution in [0.3, 0.4) is 0 Å². The van der Waals surface area contributed by atoms with Gasteiger partial charge in [0.2, 0.25) is 5.91 Å². The van der Waals surface area contributed by atoms with Gasteiger partial charge in [-0.05, 0) is 78.5 Å². The van der Waals surface area contributed by atoms with E-state index in [-0.39, 0.29) is 11.4 Å². The molecule has 2 fully saturated rings. The molecule has 0 bridgehead atoms. The monoisotopic (exact) mass is 531 g/mol. The van der Waals surface area contributed by atoms with Gasteiger partial charge in [0.1, 0.15) is 6.54 Å². The number of rotatable bonds is 7. The van der Waals surface area contributed by atoms with Crippen molar-refractivity contribution in [1.29, 1.82) is 0 Å². The Balaban J connectivity index is 1.23. The van der Waals surface area contributed by atoms with Crippen LogP contribution in [-0.4, -0.2) is 73.5 Å². The van der Waals surface area contributed by atoms with Crippen LogP contribution < -0.4 is 15.1 Å². The molecule has 0 aliphatic carbocycles. The van der Waals surface area contributed by atoms with Crippen molar-refractivity contribution in [3.63, 3.8) is 0 Å². The predicted molar refractivity (Wildman–Crippen MR) is 151 cm³/mol. The maximum Gasteiger partial charge on any atom is 0.294 e. The first-order valence-corrected chi connectivity index (χ1v) is 13.1. The van der Waals surface area contributed by atoms with E-state index in [0.717, 1.165) is 52.5 Å². The fraction of sp³-hybridized carbons (Fsp3) is 0.250. The van der Waals surface area contributed by atoms with Gasteiger partial charge < -0.3 is 24.4 Å². The minimum absolute atomic E-state index is 0.280. The lowest BCUT2D eigenvalue weighted by molar-refractivity contribution is -0.127. The van der Waals surface area contributed by atoms with Gasteiger partial charge in [0.05, 0.1) is 18.1 Å². The fourth-order valence-electron chi connectivity index (χ4n) is 4.35. The zero-order chi connectivity index (χ0) is 26.6. The Labute approximate surface area is 225 Å². The summed E-state index contributed by atoms with van der Waals surface area (Å²) in [6.07, 6.45) is 3.59. The molecule has 0 spiro atoms. The number of hydrogen-bond donors (Lipinski definition) is 1. The van der Waals surface area contributed by atoms with E-state index in [9.17, 15) is 14.4 Å². The van der Waals surface area contributed by atoms with Crippen molar-refractivity contribution in [2.45, 2.75) is 0 Å². The highest BCUT2D eigenvalue weighted by Gasteiger charge is 2.36. The van der Waals surface area contributed by atoms with Crippen molar-refractivity contribution in [1.82, 2.24) is 9.47 Å². The molecule has 2 saturated heterocycles. The topological polar surface area (TPSA) is 87.1 Å². The molecule has 0 unspecified atom stereocenters. The van der Waals surface area contributed by atoms with Crippen LogP contribution in [0.25, 0.3) is 11.8 Å². The molecule has 38 heavy (non-hydrogen) atoms. The summed E-state index contributed by atoms with van der Waals surface area (Å²) in [4.78, 5) is 43.8. The predicted octanol–water partition coefficient (Wildman–Crippen LogP) is 4.05. The first-order valence-electron chi connectivity index (χ1n) is 12.3. The summed E-state index contributed by atoms with van der Waals surface area (Å²) in [5.74, 6) is -0.912. The summed E-state index contributed by atoms with van der Waals surface area (Å²) < 4.78 is 7.33. The third kappa shape index (κ3) is 5.61. The first kappa shape index (κ1) is 25.6. The number of hydrogen-bond acceptors (Lipinski definition) is 7. The summed E-state index contributed by atoms with van der Waals surface area (Å²) in [6.45, 7) is 2.69. The van der Waals surface area contributed by atoms with E-state index >= 15 is 0 Å². The summed E-state index contributed by atoms with van der Waals surface area (Å²) in [5.41, 5.74) is 4.44. The molecule has 10 heteroatoms. The first-order chi connectivity index (χ1) is 18.4. The second-order valence-corrected chi connectivity index (χ2v) is 10.2. The Morgan fingerprint density at radius 1 is 1.00 bits per heavy atom. The molecule has 2 aliphatic heterocycles. The van der Waals surface area contributed by atoms with Crippen LogP contribution in [0.1, 0.15) is 5.69 Å². The Kier molecular flexibility index (Phi) is 7.52. The summed E-state index contributed by atoms with van der Waals surface area (Å²) in [5, 5.41) is 2.31. The molecule has 3 aromatic rings. The van der Waals surface area contributed by atoms with Gasteiger partial charge in [0, 0.05) is 61.8 Å². The van der Waals surface area contributed by atoms with Gasteiger partial charge in [0.25, 0.3) is 11.1 Å². The van der Waals surface area contributed by atoms with Crippen LogP contribution >= 0.6 is 11.8 Å². The van der Waals surface area contributed by atoms with E-state index in [1.54, 1.807) is 6.08 Å². The number of anilines is 3. The molecule has 1 aromatic heterocycles. The number of morpholine rings is 1. The molecule has 0 atom stereocenters. The zero-order valence-corrected chi connectivity index (χ0v) is 22.1. The molecular weight excluding hydrogens is 502 g/mol. The molecule has 0 saturated carbocycles. The highest BCUT2D eigenvalue weighted by Crippen LogP contribution is 2.33. The average Bonchev–Trinajstić information content (AvgIpc) is 3.49. The lowest BCUT2D eigenvalue weighted by Gasteiger charge is -2.28. The van der Waals surface area contributed by atoms with E-state index in [4.69, 9.17) is 4.74 Å². The normalized spacial score (nSPS) is 16.8. The SMILES string of the molecule is CN(C)c1ccc(-n2cccc2C=C2SC(=O)N(CC(=O)Nc3ccc(N4CCOCC4)cc3)C2=O)cc1. The molecular formula is C28H29N5O4S. The highest BCUT2D eigenvalue weighted by atomic mass is 32.2. The number of ether oxygens (including phenoxy) is 1. The molecule has 2 aromatic carbocycles. The van der Waals surface area contributed by atoms with E-state index in [2.05, 4.69) is 10.2 Å². The van der Waals surface area contributed by atoms with Gasteiger partial charge in [0.15, 0.2) is 0 Å². The molecule has 3 heterocycles. The van der Waals surface area contributed by atoms with Gasteiger partial charge in [-0.25, -0.2) is 0 Å². The highest BCUT2D eigenvalue weighted by molar-refractivity contribution is 8.18. The van der Waals surface area contributed by atoms with E-state index in [1.165, 1.54) is 0 Å². The summed E-state index contributed by atoms with van der Waals surface area (Å²) >= 11 is 0.839. The molecule has 9 nitrogen and oxygen atoms in total. The largest absolute Gasteiger partial charge is 0.378 e. The molecule has 1 N–H and O–H groups in total. The quantitative estimate of drug-likeness (QED) is 0.460.